The fourth-order valence-electron chi connectivity index (χ4n) is 0.719. The van der Waals surface area contributed by atoms with Crippen molar-refractivity contribution in [3.63, 3.8) is 0 Å². The number of methoxy groups -OCH3 is 1. The first-order chi connectivity index (χ1) is 5.31. The van der Waals surface area contributed by atoms with Crippen LogP contribution in [-0.2, 0) is 9.47 Å². The highest BCUT2D eigenvalue weighted by atomic mass is 16.5. The Kier molecular flexibility index (Phi) is 7.11. The van der Waals surface area contributed by atoms with Crippen molar-refractivity contribution in [2.75, 3.05) is 20.3 Å². The van der Waals surface area contributed by atoms with E-state index in [4.69, 9.17) is 14.7 Å². The maximum Gasteiger partial charge on any atom is 0.0780 e. The van der Waals surface area contributed by atoms with Crippen LogP contribution >= 0.6 is 0 Å². The minimum absolute atomic E-state index is 0.138. The van der Waals surface area contributed by atoms with Gasteiger partial charge in [0.05, 0.1) is 18.8 Å². The zero-order valence-corrected chi connectivity index (χ0v) is 7.17. The van der Waals surface area contributed by atoms with Crippen LogP contribution in [0.25, 0.3) is 0 Å². The summed E-state index contributed by atoms with van der Waals surface area (Å²) in [6, 6.07) is 2.06. The Morgan fingerprint density at radius 2 is 2.27 bits per heavy atom. The first-order valence-corrected chi connectivity index (χ1v) is 3.78. The molecule has 0 aromatic heterocycles. The molecule has 0 N–H and O–H groups in total. The van der Waals surface area contributed by atoms with Gasteiger partial charge in [-0.2, -0.15) is 5.26 Å². The predicted molar refractivity (Wildman–Crippen MR) is 42.1 cm³/mol. The van der Waals surface area contributed by atoms with E-state index in [0.717, 1.165) is 6.42 Å². The van der Waals surface area contributed by atoms with Crippen LogP contribution in [0.2, 0.25) is 0 Å². The van der Waals surface area contributed by atoms with Gasteiger partial charge < -0.3 is 9.47 Å². The van der Waals surface area contributed by atoms with Gasteiger partial charge in [0.1, 0.15) is 0 Å². The van der Waals surface area contributed by atoms with Gasteiger partial charge in [-0.3, -0.25) is 0 Å². The topological polar surface area (TPSA) is 42.2 Å². The normalized spacial score (nSPS) is 12.5. The number of nitrogens with zero attached hydrogens (tertiary/aromatic N) is 1. The van der Waals surface area contributed by atoms with Gasteiger partial charge in [-0.25, -0.2) is 0 Å². The molecule has 0 rings (SSSR count). The second-order valence-electron chi connectivity index (χ2n) is 2.40. The molecule has 0 saturated heterocycles. The Morgan fingerprint density at radius 3 is 2.82 bits per heavy atom. The lowest BCUT2D eigenvalue weighted by Crippen LogP contribution is -2.15. The molecule has 0 aliphatic carbocycles. The van der Waals surface area contributed by atoms with Crippen LogP contribution in [0.1, 0.15) is 19.8 Å². The molecule has 0 radical (unpaired) electrons. The molecule has 0 aromatic carbocycles. The molecule has 0 saturated carbocycles. The third-order valence-corrected chi connectivity index (χ3v) is 1.24. The number of ether oxygens (including phenoxy) is 2. The summed E-state index contributed by atoms with van der Waals surface area (Å²) in [5, 5.41) is 8.20. The quantitative estimate of drug-likeness (QED) is 0.546. The first kappa shape index (κ1) is 10.4. The lowest BCUT2D eigenvalue weighted by atomic mass is 10.3. The molecule has 0 aliphatic rings. The van der Waals surface area contributed by atoms with E-state index < -0.39 is 0 Å². The van der Waals surface area contributed by atoms with Crippen LogP contribution in [0.15, 0.2) is 0 Å². The molecule has 0 aliphatic heterocycles. The number of unbranched alkanes of at least 4 members (excludes halogenated alkanes) is 1. The van der Waals surface area contributed by atoms with Gasteiger partial charge in [0, 0.05) is 20.1 Å². The summed E-state index contributed by atoms with van der Waals surface area (Å²) in [5.74, 6) is 0. The number of hydrogen-bond acceptors (Lipinski definition) is 3. The van der Waals surface area contributed by atoms with E-state index in [-0.39, 0.29) is 6.10 Å². The van der Waals surface area contributed by atoms with E-state index in [1.54, 1.807) is 7.11 Å². The first-order valence-electron chi connectivity index (χ1n) is 3.78. The van der Waals surface area contributed by atoms with E-state index in [9.17, 15) is 0 Å². The Hall–Kier alpha value is -0.590. The van der Waals surface area contributed by atoms with Gasteiger partial charge in [-0.15, -0.1) is 0 Å². The van der Waals surface area contributed by atoms with Crippen molar-refractivity contribution in [2.24, 2.45) is 0 Å². The second-order valence-corrected chi connectivity index (χ2v) is 2.40. The number of hydrogen-bond donors (Lipinski definition) is 0. The molecular formula is C8H15NO2. The van der Waals surface area contributed by atoms with E-state index in [1.165, 1.54) is 0 Å². The van der Waals surface area contributed by atoms with Crippen molar-refractivity contribution in [3.05, 3.63) is 0 Å². The average Bonchev–Trinajstić information content (AvgIpc) is 1.99. The highest BCUT2D eigenvalue weighted by Gasteiger charge is 1.99. The standard InChI is InChI=1S/C8H15NO2/c1-8(7-10-2)11-6-4-3-5-9/h8H,3-4,6-7H2,1-2H3. The predicted octanol–water partition coefficient (Wildman–Crippen LogP) is 1.34. The fraction of sp³-hybridized carbons (Fsp3) is 0.875. The van der Waals surface area contributed by atoms with Crippen LogP contribution in [0, 0.1) is 11.3 Å². The summed E-state index contributed by atoms with van der Waals surface area (Å²) >= 11 is 0. The molecule has 1 unspecified atom stereocenters. The van der Waals surface area contributed by atoms with Crippen molar-refractivity contribution in [1.29, 1.82) is 5.26 Å². The zero-order chi connectivity index (χ0) is 8.53. The highest BCUT2D eigenvalue weighted by molar-refractivity contribution is 4.67. The van der Waals surface area contributed by atoms with Gasteiger partial charge in [0.15, 0.2) is 0 Å². The van der Waals surface area contributed by atoms with Crippen LogP contribution in [0.3, 0.4) is 0 Å². The van der Waals surface area contributed by atoms with Gasteiger partial charge in [-0.05, 0) is 13.3 Å². The average molecular weight is 157 g/mol. The second kappa shape index (κ2) is 7.52. The Balaban J connectivity index is 3.05. The van der Waals surface area contributed by atoms with Crippen molar-refractivity contribution < 1.29 is 9.47 Å². The van der Waals surface area contributed by atoms with Crippen molar-refractivity contribution in [1.82, 2.24) is 0 Å². The van der Waals surface area contributed by atoms with E-state index in [0.29, 0.717) is 19.6 Å². The molecule has 64 valence electrons. The molecule has 0 spiro atoms. The van der Waals surface area contributed by atoms with Crippen molar-refractivity contribution >= 4 is 0 Å². The SMILES string of the molecule is COCC(C)OCCCC#N. The molecule has 1 atom stereocenters. The van der Waals surface area contributed by atoms with E-state index >= 15 is 0 Å². The molecule has 0 bridgehead atoms. The molecule has 11 heavy (non-hydrogen) atoms. The molecule has 3 nitrogen and oxygen atoms in total. The lowest BCUT2D eigenvalue weighted by Gasteiger charge is -2.10. The number of rotatable bonds is 6. The summed E-state index contributed by atoms with van der Waals surface area (Å²) in [6.45, 7) is 3.22. The third-order valence-electron chi connectivity index (χ3n) is 1.24. The summed E-state index contributed by atoms with van der Waals surface area (Å²) in [5.41, 5.74) is 0. The maximum atomic E-state index is 8.20. The molecular weight excluding hydrogens is 142 g/mol. The smallest absolute Gasteiger partial charge is 0.0780 e. The highest BCUT2D eigenvalue weighted by Crippen LogP contribution is 1.94. The minimum atomic E-state index is 0.138. The Labute approximate surface area is 67.9 Å². The van der Waals surface area contributed by atoms with Gasteiger partial charge in [0.2, 0.25) is 0 Å². The van der Waals surface area contributed by atoms with Gasteiger partial charge in [0.25, 0.3) is 0 Å². The minimum Gasteiger partial charge on any atom is -0.382 e. The fourth-order valence-corrected chi connectivity index (χ4v) is 0.719. The van der Waals surface area contributed by atoms with E-state index in [2.05, 4.69) is 6.07 Å². The summed E-state index contributed by atoms with van der Waals surface area (Å²) < 4.78 is 10.2. The lowest BCUT2D eigenvalue weighted by molar-refractivity contribution is 0.00865. The summed E-state index contributed by atoms with van der Waals surface area (Å²) in [6.07, 6.45) is 1.52. The van der Waals surface area contributed by atoms with Gasteiger partial charge in [-0.1, -0.05) is 0 Å². The zero-order valence-electron chi connectivity index (χ0n) is 7.17. The molecule has 0 aromatic rings. The molecule has 3 heteroatoms. The third kappa shape index (κ3) is 7.31. The van der Waals surface area contributed by atoms with E-state index in [1.807, 2.05) is 6.92 Å². The summed E-state index contributed by atoms with van der Waals surface area (Å²) in [4.78, 5) is 0. The van der Waals surface area contributed by atoms with Crippen LogP contribution in [0.4, 0.5) is 0 Å². The largest absolute Gasteiger partial charge is 0.382 e. The maximum absolute atomic E-state index is 8.20. The van der Waals surface area contributed by atoms with Crippen molar-refractivity contribution in [3.8, 4) is 6.07 Å². The Morgan fingerprint density at radius 1 is 1.55 bits per heavy atom. The molecule has 0 fully saturated rings. The number of nitriles is 1. The monoisotopic (exact) mass is 157 g/mol. The van der Waals surface area contributed by atoms with Gasteiger partial charge >= 0.3 is 0 Å². The van der Waals surface area contributed by atoms with Crippen LogP contribution < -0.4 is 0 Å². The van der Waals surface area contributed by atoms with Crippen molar-refractivity contribution in [2.45, 2.75) is 25.9 Å². The molecule has 0 amide bonds. The molecule has 0 heterocycles. The van der Waals surface area contributed by atoms with Crippen LogP contribution in [0.5, 0.6) is 0 Å². The Bertz CT molecular complexity index is 120. The summed E-state index contributed by atoms with van der Waals surface area (Å²) in [7, 11) is 1.65. The van der Waals surface area contributed by atoms with Crippen LogP contribution in [-0.4, -0.2) is 26.4 Å².